The smallest absolute Gasteiger partial charge is 0.229 e. The lowest BCUT2D eigenvalue weighted by Gasteiger charge is -2.36. The summed E-state index contributed by atoms with van der Waals surface area (Å²) in [6.45, 7) is 37.9. The first kappa shape index (κ1) is 46.9. The Bertz CT molecular complexity index is 1480. The summed E-state index contributed by atoms with van der Waals surface area (Å²) in [4.78, 5) is 14.5. The van der Waals surface area contributed by atoms with Gasteiger partial charge in [0.2, 0.25) is 5.91 Å². The van der Waals surface area contributed by atoms with Crippen LogP contribution in [0.1, 0.15) is 131 Å². The lowest BCUT2D eigenvalue weighted by Crippen LogP contribution is -2.48. The third-order valence-corrected chi connectivity index (χ3v) is 9.70. The second-order valence-electron chi connectivity index (χ2n) is 16.4. The number of allylic oxidation sites excluding steroid dienone is 3. The van der Waals surface area contributed by atoms with Gasteiger partial charge in [0.25, 0.3) is 0 Å². The molecule has 5 heteroatoms. The zero-order valence-electron chi connectivity index (χ0n) is 35.4. The molecule has 0 aromatic heterocycles. The van der Waals surface area contributed by atoms with E-state index in [1.165, 1.54) is 11.1 Å². The maximum Gasteiger partial charge on any atom is 0.229 e. The molecule has 1 aliphatic rings. The maximum atomic E-state index is 12.5. The van der Waals surface area contributed by atoms with Crippen LogP contribution < -0.4 is 16.0 Å². The van der Waals surface area contributed by atoms with Gasteiger partial charge in [0.1, 0.15) is 0 Å². The van der Waals surface area contributed by atoms with Crippen molar-refractivity contribution in [3.8, 4) is 12.3 Å². The summed E-state index contributed by atoms with van der Waals surface area (Å²) in [7, 11) is 0. The molecular weight excluding hydrogens is 649 g/mol. The van der Waals surface area contributed by atoms with Crippen LogP contribution in [0.4, 0.5) is 0 Å². The molecule has 1 amide bonds. The van der Waals surface area contributed by atoms with Crippen molar-refractivity contribution < 1.29 is 4.79 Å². The number of carbonyl (C=O) groups excluding carboxylic acids is 1. The quantitative estimate of drug-likeness (QED) is 0.151. The van der Waals surface area contributed by atoms with Gasteiger partial charge in [0.15, 0.2) is 0 Å². The van der Waals surface area contributed by atoms with Crippen LogP contribution >= 0.6 is 0 Å². The maximum absolute atomic E-state index is 12.5. The predicted octanol–water partition coefficient (Wildman–Crippen LogP) is 11.1. The number of aryl methyl sites for hydroxylation is 2. The zero-order chi connectivity index (χ0) is 40.2. The van der Waals surface area contributed by atoms with Crippen LogP contribution in [0.5, 0.6) is 0 Å². The minimum Gasteiger partial charge on any atom is -0.379 e. The second-order valence-corrected chi connectivity index (χ2v) is 16.4. The van der Waals surface area contributed by atoms with Gasteiger partial charge in [0, 0.05) is 35.9 Å². The van der Waals surface area contributed by atoms with Crippen LogP contribution in [-0.4, -0.2) is 35.5 Å². The molecule has 0 spiro atoms. The average Bonchev–Trinajstić information content (AvgIpc) is 3.10. The van der Waals surface area contributed by atoms with E-state index in [0.29, 0.717) is 0 Å². The van der Waals surface area contributed by atoms with Crippen molar-refractivity contribution >= 4 is 5.91 Å². The molecule has 2 atom stereocenters. The Morgan fingerprint density at radius 1 is 1.00 bits per heavy atom. The van der Waals surface area contributed by atoms with Gasteiger partial charge < -0.3 is 20.9 Å². The van der Waals surface area contributed by atoms with Crippen LogP contribution in [0, 0.1) is 23.7 Å². The summed E-state index contributed by atoms with van der Waals surface area (Å²) in [5, 5.41) is 10.7. The van der Waals surface area contributed by atoms with E-state index >= 15 is 0 Å². The van der Waals surface area contributed by atoms with Crippen LogP contribution in [0.25, 0.3) is 0 Å². The van der Waals surface area contributed by atoms with Crippen molar-refractivity contribution in [3.63, 3.8) is 0 Å². The Morgan fingerprint density at radius 3 is 2.08 bits per heavy atom. The largest absolute Gasteiger partial charge is 0.379 e. The first-order valence-corrected chi connectivity index (χ1v) is 19.7. The van der Waals surface area contributed by atoms with Gasteiger partial charge in [-0.05, 0) is 115 Å². The first-order chi connectivity index (χ1) is 24.9. The van der Waals surface area contributed by atoms with Crippen LogP contribution in [0.2, 0.25) is 0 Å². The molecule has 1 fully saturated rings. The predicted molar refractivity (Wildman–Crippen MR) is 231 cm³/mol. The van der Waals surface area contributed by atoms with E-state index in [-0.39, 0.29) is 28.8 Å². The zero-order valence-corrected chi connectivity index (χ0v) is 35.4. The molecule has 53 heavy (non-hydrogen) atoms. The summed E-state index contributed by atoms with van der Waals surface area (Å²) in [5.41, 5.74) is 7.74. The molecule has 3 rings (SSSR count). The molecule has 2 unspecified atom stereocenters. The third-order valence-electron chi connectivity index (χ3n) is 9.70. The highest BCUT2D eigenvalue weighted by Crippen LogP contribution is 2.26. The number of carbonyl (C=O) groups is 1. The minimum absolute atomic E-state index is 0.0145. The molecule has 0 saturated carbocycles. The molecule has 0 radical (unpaired) electrons. The van der Waals surface area contributed by atoms with E-state index in [9.17, 15) is 4.79 Å². The Balaban J connectivity index is 0.000000540. The van der Waals surface area contributed by atoms with Crippen LogP contribution in [-0.2, 0) is 17.6 Å². The fourth-order valence-electron chi connectivity index (χ4n) is 6.18. The molecule has 2 aromatic carbocycles. The molecular formula is C48H74N4O. The van der Waals surface area contributed by atoms with Crippen LogP contribution in [0.3, 0.4) is 0 Å². The number of piperidine rings is 1. The van der Waals surface area contributed by atoms with E-state index in [2.05, 4.69) is 164 Å². The Kier molecular flexibility index (Phi) is 20.8. The standard InChI is InChI=1S/C28H45N3.C17H25NO.C3H4/c1-11-21(2)29-23(4)26(19-15-18-25-16-13-12-14-17-25)30-24(5)28(9,10)31-22(3)20-27(6,7)8;1-4-15-5-7-16(8-6-15)14(3)17(19)18-11-9-13(2)10-12-18;1-3-2/h11-14,16-17,26,29-31H,3-5,15,18-20H2,1-2,6-10H3;5-8,13-14H,4,9-12H2,1-3H3;1H,2H3/b21-11+;;. The van der Waals surface area contributed by atoms with Crippen molar-refractivity contribution in [2.75, 3.05) is 13.1 Å². The van der Waals surface area contributed by atoms with Crippen molar-refractivity contribution in [2.24, 2.45) is 11.3 Å². The highest BCUT2D eigenvalue weighted by Gasteiger charge is 2.27. The third kappa shape index (κ3) is 18.4. The average molecular weight is 723 g/mol. The van der Waals surface area contributed by atoms with Crippen LogP contribution in [0.15, 0.2) is 103 Å². The van der Waals surface area contributed by atoms with Gasteiger partial charge in [0.05, 0.1) is 17.5 Å². The highest BCUT2D eigenvalue weighted by molar-refractivity contribution is 5.83. The summed E-state index contributed by atoms with van der Waals surface area (Å²) < 4.78 is 0. The number of nitrogens with one attached hydrogen (secondary N) is 3. The van der Waals surface area contributed by atoms with Gasteiger partial charge in [-0.25, -0.2) is 0 Å². The number of hydrogen-bond donors (Lipinski definition) is 3. The molecule has 1 aliphatic heterocycles. The second kappa shape index (κ2) is 23.5. The fourth-order valence-corrected chi connectivity index (χ4v) is 6.18. The summed E-state index contributed by atoms with van der Waals surface area (Å²) >= 11 is 0. The number of nitrogens with zero attached hydrogens (tertiary/aromatic N) is 1. The highest BCUT2D eigenvalue weighted by atomic mass is 16.2. The SMILES string of the molecule is C#CC.C=C(CC(C)(C)C)NC(C)(C)C(=C)NC(CCCc1ccccc1)C(=C)N/C(C)=C/C.CCc1ccc(C(C)C(=O)N2CCC(C)CC2)cc1. The molecule has 0 aliphatic carbocycles. The van der Waals surface area contributed by atoms with Crippen molar-refractivity contribution in [1.29, 1.82) is 0 Å². The minimum atomic E-state index is -0.323. The molecule has 292 valence electrons. The Hall–Kier alpha value is -4.17. The molecule has 1 saturated heterocycles. The molecule has 5 nitrogen and oxygen atoms in total. The fraction of sp³-hybridized carbons (Fsp3) is 0.521. The molecule has 3 N–H and O–H groups in total. The number of likely N-dealkylation sites (tertiary alicyclic amines) is 1. The lowest BCUT2D eigenvalue weighted by molar-refractivity contribution is -0.133. The van der Waals surface area contributed by atoms with Gasteiger partial charge in [-0.1, -0.05) is 115 Å². The topological polar surface area (TPSA) is 56.4 Å². The number of benzene rings is 2. The monoisotopic (exact) mass is 723 g/mol. The van der Waals surface area contributed by atoms with E-state index in [4.69, 9.17) is 0 Å². The van der Waals surface area contributed by atoms with Crippen molar-refractivity contribution in [1.82, 2.24) is 20.9 Å². The molecule has 2 aromatic rings. The van der Waals surface area contributed by atoms with Crippen molar-refractivity contribution in [3.05, 3.63) is 120 Å². The van der Waals surface area contributed by atoms with Gasteiger partial charge >= 0.3 is 0 Å². The van der Waals surface area contributed by atoms with Gasteiger partial charge in [-0.3, -0.25) is 4.79 Å². The lowest BCUT2D eigenvalue weighted by atomic mass is 9.89. The van der Waals surface area contributed by atoms with Gasteiger partial charge in [-0.2, -0.15) is 0 Å². The molecule has 1 heterocycles. The van der Waals surface area contributed by atoms with E-state index in [1.54, 1.807) is 6.92 Å². The van der Waals surface area contributed by atoms with E-state index in [1.807, 2.05) is 18.7 Å². The van der Waals surface area contributed by atoms with E-state index in [0.717, 1.165) is 92.3 Å². The Labute approximate surface area is 325 Å². The normalized spacial score (nSPS) is 14.5. The van der Waals surface area contributed by atoms with Crippen molar-refractivity contribution in [2.45, 2.75) is 139 Å². The summed E-state index contributed by atoms with van der Waals surface area (Å²) in [6, 6.07) is 19.2. The number of terminal acetylenes is 1. The molecule has 0 bridgehead atoms. The summed E-state index contributed by atoms with van der Waals surface area (Å²) in [6.07, 6.45) is 14.0. The first-order valence-electron chi connectivity index (χ1n) is 19.7. The van der Waals surface area contributed by atoms with E-state index < -0.39 is 0 Å². The number of amides is 1. The Morgan fingerprint density at radius 2 is 1.57 bits per heavy atom. The number of rotatable bonds is 16. The summed E-state index contributed by atoms with van der Waals surface area (Å²) in [5.74, 6) is 3.29. The van der Waals surface area contributed by atoms with Gasteiger partial charge in [-0.15, -0.1) is 12.3 Å². The number of hydrogen-bond acceptors (Lipinski definition) is 4.